The Hall–Kier alpha value is -2.99. The molecule has 1 N–H and O–H groups in total. The number of pyridine rings is 2. The van der Waals surface area contributed by atoms with E-state index >= 15 is 0 Å². The van der Waals surface area contributed by atoms with Gasteiger partial charge in [-0.25, -0.2) is 19.2 Å². The Bertz CT molecular complexity index is 970. The summed E-state index contributed by atoms with van der Waals surface area (Å²) in [5, 5.41) is 7.12. The summed E-state index contributed by atoms with van der Waals surface area (Å²) in [5.41, 5.74) is 0.972. The van der Waals surface area contributed by atoms with Gasteiger partial charge in [-0.1, -0.05) is 6.07 Å². The minimum Gasteiger partial charge on any atom is -0.481 e. The molecule has 4 rings (SSSR count). The zero-order chi connectivity index (χ0) is 24.8. The lowest BCUT2D eigenvalue weighted by atomic mass is 9.79. The lowest BCUT2D eigenvalue weighted by Gasteiger charge is -2.50. The fourth-order valence-corrected chi connectivity index (χ4v) is 4.11. The zero-order valence-corrected chi connectivity index (χ0v) is 18.4. The average Bonchev–Trinajstić information content (AvgIpc) is 3.19. The van der Waals surface area contributed by atoms with Crippen molar-refractivity contribution in [1.82, 2.24) is 14.9 Å². The van der Waals surface area contributed by atoms with Gasteiger partial charge in [0.25, 0.3) is 0 Å². The van der Waals surface area contributed by atoms with Gasteiger partial charge < -0.3 is 19.3 Å². The molecule has 1 atom stereocenters. The summed E-state index contributed by atoms with van der Waals surface area (Å²) in [6.07, 6.45) is 0.0355. The van der Waals surface area contributed by atoms with E-state index in [1.165, 1.54) is 12.3 Å². The first-order chi connectivity index (χ1) is 16.1. The maximum Gasteiger partial charge on any atom is 0.490 e. The molecule has 12 heteroatoms. The number of ether oxygens (including phenoxy) is 3. The van der Waals surface area contributed by atoms with Crippen molar-refractivity contribution in [2.24, 2.45) is 5.92 Å². The molecule has 2 aliphatic heterocycles. The van der Waals surface area contributed by atoms with Crippen molar-refractivity contribution < 1.29 is 41.7 Å². The number of hydrogen-bond donors (Lipinski definition) is 1. The van der Waals surface area contributed by atoms with Crippen molar-refractivity contribution in [3.8, 4) is 11.8 Å². The predicted molar refractivity (Wildman–Crippen MR) is 111 cm³/mol. The standard InChI is InChI=1S/C20H24FN3O3.C2HF3O2/c1-25-18-15(4-2-8-22-18)12-24-13-20(14-24)16(7-11-27-20)6-10-26-19-17(21)5-3-9-23-19;3-2(4,5)1(6)7/h2-5,8-9,16H,6-7,10-14H2,1H3;(H,6,7). The molecule has 2 aromatic heterocycles. The van der Waals surface area contributed by atoms with Crippen LogP contribution >= 0.6 is 0 Å². The minimum absolute atomic E-state index is 0.0735. The summed E-state index contributed by atoms with van der Waals surface area (Å²) in [7, 11) is 1.64. The summed E-state index contributed by atoms with van der Waals surface area (Å²) >= 11 is 0. The second kappa shape index (κ2) is 11.0. The van der Waals surface area contributed by atoms with Gasteiger partial charge in [-0.3, -0.25) is 4.90 Å². The minimum atomic E-state index is -5.08. The molecule has 8 nitrogen and oxygen atoms in total. The number of rotatable bonds is 7. The average molecular weight is 487 g/mol. The van der Waals surface area contributed by atoms with Crippen LogP contribution in [0.5, 0.6) is 11.8 Å². The molecule has 1 spiro atoms. The number of carbonyl (C=O) groups is 1. The lowest BCUT2D eigenvalue weighted by molar-refractivity contribution is -0.192. The van der Waals surface area contributed by atoms with Gasteiger partial charge in [0.2, 0.25) is 11.8 Å². The lowest BCUT2D eigenvalue weighted by Crippen LogP contribution is -2.64. The molecule has 0 bridgehead atoms. The first-order valence-electron chi connectivity index (χ1n) is 10.5. The van der Waals surface area contributed by atoms with Crippen LogP contribution < -0.4 is 9.47 Å². The molecule has 2 saturated heterocycles. The Morgan fingerprint density at radius 3 is 2.50 bits per heavy atom. The van der Waals surface area contributed by atoms with E-state index in [1.807, 2.05) is 12.1 Å². The quantitative estimate of drug-likeness (QED) is 0.595. The molecule has 2 fully saturated rings. The van der Waals surface area contributed by atoms with Gasteiger partial charge in [-0.15, -0.1) is 0 Å². The molecule has 0 saturated carbocycles. The van der Waals surface area contributed by atoms with Crippen molar-refractivity contribution >= 4 is 5.97 Å². The maximum atomic E-state index is 13.6. The van der Waals surface area contributed by atoms with Crippen molar-refractivity contribution in [1.29, 1.82) is 0 Å². The second-order valence-corrected chi connectivity index (χ2v) is 7.95. The highest BCUT2D eigenvalue weighted by Crippen LogP contribution is 2.42. The third kappa shape index (κ3) is 6.32. The number of methoxy groups -OCH3 is 1. The van der Waals surface area contributed by atoms with Crippen LogP contribution in [0, 0.1) is 11.7 Å². The van der Waals surface area contributed by atoms with Crippen molar-refractivity contribution in [2.45, 2.75) is 31.2 Å². The molecule has 186 valence electrons. The van der Waals surface area contributed by atoms with E-state index in [1.54, 1.807) is 19.4 Å². The largest absolute Gasteiger partial charge is 0.490 e. The van der Waals surface area contributed by atoms with Gasteiger partial charge in [0.1, 0.15) is 0 Å². The molecule has 0 aliphatic carbocycles. The highest BCUT2D eigenvalue weighted by molar-refractivity contribution is 5.73. The highest BCUT2D eigenvalue weighted by Gasteiger charge is 2.52. The topological polar surface area (TPSA) is 94.0 Å². The van der Waals surface area contributed by atoms with Gasteiger partial charge in [0.05, 0.1) is 19.3 Å². The van der Waals surface area contributed by atoms with E-state index in [-0.39, 0.29) is 11.5 Å². The first-order valence-corrected chi connectivity index (χ1v) is 10.5. The molecule has 0 aromatic carbocycles. The van der Waals surface area contributed by atoms with Crippen molar-refractivity contribution in [3.05, 3.63) is 48.0 Å². The van der Waals surface area contributed by atoms with E-state index < -0.39 is 18.0 Å². The molecule has 1 unspecified atom stereocenters. The fraction of sp³-hybridized carbons (Fsp3) is 0.500. The van der Waals surface area contributed by atoms with E-state index in [0.717, 1.165) is 44.6 Å². The van der Waals surface area contributed by atoms with E-state index in [4.69, 9.17) is 24.1 Å². The number of aromatic nitrogens is 2. The third-order valence-corrected chi connectivity index (χ3v) is 5.69. The number of alkyl halides is 3. The Balaban J connectivity index is 0.000000406. The van der Waals surface area contributed by atoms with Crippen LogP contribution in [0.3, 0.4) is 0 Å². The zero-order valence-electron chi connectivity index (χ0n) is 18.4. The molecular formula is C22H25F4N3O5. The third-order valence-electron chi connectivity index (χ3n) is 5.69. The molecule has 34 heavy (non-hydrogen) atoms. The molecule has 0 amide bonds. The first kappa shape index (κ1) is 25.6. The van der Waals surface area contributed by atoms with Crippen LogP contribution in [0.2, 0.25) is 0 Å². The normalized spacial score (nSPS) is 19.1. The number of halogens is 4. The van der Waals surface area contributed by atoms with Crippen LogP contribution in [0.4, 0.5) is 17.6 Å². The van der Waals surface area contributed by atoms with Crippen LogP contribution in [-0.4, -0.2) is 71.1 Å². The van der Waals surface area contributed by atoms with E-state index in [0.29, 0.717) is 18.4 Å². The predicted octanol–water partition coefficient (Wildman–Crippen LogP) is 3.32. The number of hydrogen-bond acceptors (Lipinski definition) is 7. The number of likely N-dealkylation sites (tertiary alicyclic amines) is 1. The van der Waals surface area contributed by atoms with Gasteiger partial charge in [-0.05, 0) is 37.0 Å². The van der Waals surface area contributed by atoms with Gasteiger partial charge >= 0.3 is 12.1 Å². The Labute approximate surface area is 193 Å². The van der Waals surface area contributed by atoms with Gasteiger partial charge in [-0.2, -0.15) is 13.2 Å². The van der Waals surface area contributed by atoms with Crippen molar-refractivity contribution in [2.75, 3.05) is 33.4 Å². The molecule has 4 heterocycles. The Morgan fingerprint density at radius 2 is 1.88 bits per heavy atom. The maximum absolute atomic E-state index is 13.6. The summed E-state index contributed by atoms with van der Waals surface area (Å²) in [6, 6.07) is 6.89. The highest BCUT2D eigenvalue weighted by atomic mass is 19.4. The number of carboxylic acids is 1. The Morgan fingerprint density at radius 1 is 1.24 bits per heavy atom. The molecule has 2 aliphatic rings. The van der Waals surface area contributed by atoms with E-state index in [9.17, 15) is 17.6 Å². The Kier molecular flexibility index (Phi) is 8.26. The SMILES string of the molecule is COc1ncccc1CN1CC2(C1)OCCC2CCOc1ncccc1F.O=C(O)C(F)(F)F. The molecular weight excluding hydrogens is 462 g/mol. The van der Waals surface area contributed by atoms with Crippen molar-refractivity contribution in [3.63, 3.8) is 0 Å². The number of carboxylic acid groups (broad SMARTS) is 1. The second-order valence-electron chi connectivity index (χ2n) is 7.95. The monoisotopic (exact) mass is 487 g/mol. The molecule has 0 radical (unpaired) electrons. The summed E-state index contributed by atoms with van der Waals surface area (Å²) in [5.74, 6) is -2.02. The van der Waals surface area contributed by atoms with E-state index in [2.05, 4.69) is 14.9 Å². The van der Waals surface area contributed by atoms with Crippen LogP contribution in [0.25, 0.3) is 0 Å². The number of nitrogens with zero attached hydrogens (tertiary/aromatic N) is 3. The smallest absolute Gasteiger partial charge is 0.481 e. The number of aliphatic carboxylic acids is 1. The summed E-state index contributed by atoms with van der Waals surface area (Å²) in [4.78, 5) is 19.4. The van der Waals surface area contributed by atoms with Gasteiger partial charge in [0, 0.05) is 44.2 Å². The fourth-order valence-electron chi connectivity index (χ4n) is 4.11. The summed E-state index contributed by atoms with van der Waals surface area (Å²) < 4.78 is 62.3. The van der Waals surface area contributed by atoms with Crippen LogP contribution in [0.1, 0.15) is 18.4 Å². The van der Waals surface area contributed by atoms with Crippen LogP contribution in [0.15, 0.2) is 36.7 Å². The van der Waals surface area contributed by atoms with Gasteiger partial charge in [0.15, 0.2) is 5.82 Å². The molecule has 2 aromatic rings. The summed E-state index contributed by atoms with van der Waals surface area (Å²) in [6.45, 7) is 3.78. The van der Waals surface area contributed by atoms with Crippen LogP contribution in [-0.2, 0) is 16.1 Å².